The van der Waals surface area contributed by atoms with E-state index >= 15 is 0 Å². The highest BCUT2D eigenvalue weighted by Gasteiger charge is 2.15. The van der Waals surface area contributed by atoms with E-state index in [0.717, 1.165) is 5.56 Å². The van der Waals surface area contributed by atoms with E-state index in [1.807, 2.05) is 12.1 Å². The molecule has 0 saturated heterocycles. The van der Waals surface area contributed by atoms with Crippen molar-refractivity contribution in [1.29, 1.82) is 0 Å². The second-order valence-electron chi connectivity index (χ2n) is 3.82. The zero-order valence-corrected chi connectivity index (χ0v) is 11.6. The number of anilines is 1. The third kappa shape index (κ3) is 3.55. The third-order valence-corrected chi connectivity index (χ3v) is 3.38. The molecule has 0 spiro atoms. The van der Waals surface area contributed by atoms with Gasteiger partial charge in [0, 0.05) is 18.9 Å². The first-order valence-electron chi connectivity index (χ1n) is 5.80. The zero-order valence-electron chi connectivity index (χ0n) is 10.8. The Morgan fingerprint density at radius 1 is 1.30 bits per heavy atom. The number of nitrogens with zero attached hydrogens (tertiary/aromatic N) is 1. The summed E-state index contributed by atoms with van der Waals surface area (Å²) < 4.78 is 4.64. The molecule has 2 amide bonds. The van der Waals surface area contributed by atoms with E-state index in [1.54, 1.807) is 23.8 Å². The van der Waals surface area contributed by atoms with Crippen molar-refractivity contribution in [1.82, 2.24) is 10.3 Å². The van der Waals surface area contributed by atoms with E-state index in [0.29, 0.717) is 17.1 Å². The molecule has 2 rings (SSSR count). The quantitative estimate of drug-likeness (QED) is 0.847. The van der Waals surface area contributed by atoms with Crippen LogP contribution in [0.2, 0.25) is 0 Å². The minimum atomic E-state index is -0.468. The maximum atomic E-state index is 11.8. The Labute approximate surface area is 119 Å². The van der Waals surface area contributed by atoms with Gasteiger partial charge < -0.3 is 15.4 Å². The number of carbonyl (C=O) groups excluding carboxylic acids is 2. The highest BCUT2D eigenvalue weighted by Crippen LogP contribution is 2.22. The van der Waals surface area contributed by atoms with Crippen molar-refractivity contribution in [2.24, 2.45) is 0 Å². The number of rotatable bonds is 4. The van der Waals surface area contributed by atoms with Crippen LogP contribution in [0, 0.1) is 0 Å². The van der Waals surface area contributed by atoms with Crippen LogP contribution in [0.25, 0.3) is 0 Å². The Morgan fingerprint density at radius 3 is 2.75 bits per heavy atom. The smallest absolute Gasteiger partial charge is 0.350 e. The number of ether oxygens (including phenoxy) is 1. The topological polar surface area (TPSA) is 80.3 Å². The Morgan fingerprint density at radius 2 is 2.05 bits per heavy atom. The van der Waals surface area contributed by atoms with Gasteiger partial charge in [-0.1, -0.05) is 0 Å². The lowest BCUT2D eigenvalue weighted by atomic mass is 10.3. The maximum Gasteiger partial charge on any atom is 0.350 e. The summed E-state index contributed by atoms with van der Waals surface area (Å²) in [6, 6.07) is 4.89. The molecule has 2 N–H and O–H groups in total. The molecule has 7 heteroatoms. The lowest BCUT2D eigenvalue weighted by molar-refractivity contribution is 0.0607. The van der Waals surface area contributed by atoms with E-state index in [4.69, 9.17) is 0 Å². The average Bonchev–Trinajstić information content (AvgIpc) is 2.93. The van der Waals surface area contributed by atoms with Crippen LogP contribution in [0.3, 0.4) is 0 Å². The molecule has 20 heavy (non-hydrogen) atoms. The molecular weight excluding hydrogens is 278 g/mol. The highest BCUT2D eigenvalue weighted by molar-refractivity contribution is 7.12. The minimum Gasteiger partial charge on any atom is -0.465 e. The van der Waals surface area contributed by atoms with Gasteiger partial charge in [0.15, 0.2) is 0 Å². The second-order valence-corrected chi connectivity index (χ2v) is 4.73. The van der Waals surface area contributed by atoms with Crippen molar-refractivity contribution < 1.29 is 14.3 Å². The van der Waals surface area contributed by atoms with Crippen LogP contribution < -0.4 is 10.6 Å². The summed E-state index contributed by atoms with van der Waals surface area (Å²) in [6.07, 6.45) is 3.31. The molecule has 0 aliphatic heterocycles. The summed E-state index contributed by atoms with van der Waals surface area (Å²) in [6.45, 7) is 0.381. The van der Waals surface area contributed by atoms with Crippen LogP contribution in [0.5, 0.6) is 0 Å². The van der Waals surface area contributed by atoms with Crippen molar-refractivity contribution in [2.45, 2.75) is 6.54 Å². The number of aromatic nitrogens is 1. The molecule has 6 nitrogen and oxygen atoms in total. The molecule has 0 aliphatic rings. The average molecular weight is 291 g/mol. The molecule has 0 aliphatic carbocycles. The number of urea groups is 1. The summed E-state index contributed by atoms with van der Waals surface area (Å²) >= 11 is 1.21. The maximum absolute atomic E-state index is 11.8. The highest BCUT2D eigenvalue weighted by atomic mass is 32.1. The minimum absolute atomic E-state index is 0.367. The van der Waals surface area contributed by atoms with Crippen LogP contribution in [-0.2, 0) is 11.3 Å². The van der Waals surface area contributed by atoms with Crippen LogP contribution in [0.15, 0.2) is 36.0 Å². The normalized spacial score (nSPS) is 9.85. The summed E-state index contributed by atoms with van der Waals surface area (Å²) in [7, 11) is 1.30. The summed E-state index contributed by atoms with van der Waals surface area (Å²) in [5.41, 5.74) is 1.38. The number of carbonyl (C=O) groups is 2. The molecule has 0 aromatic carbocycles. The van der Waals surface area contributed by atoms with Crippen molar-refractivity contribution in [3.8, 4) is 0 Å². The fourth-order valence-corrected chi connectivity index (χ4v) is 2.27. The summed E-state index contributed by atoms with van der Waals surface area (Å²) in [5, 5.41) is 7.03. The number of hydrogen-bond donors (Lipinski definition) is 2. The molecule has 0 atom stereocenters. The van der Waals surface area contributed by atoms with Crippen molar-refractivity contribution in [3.63, 3.8) is 0 Å². The number of hydrogen-bond acceptors (Lipinski definition) is 5. The van der Waals surface area contributed by atoms with Gasteiger partial charge in [0.05, 0.1) is 12.8 Å². The Kier molecular flexibility index (Phi) is 4.67. The number of methoxy groups -OCH3 is 1. The summed E-state index contributed by atoms with van der Waals surface area (Å²) in [4.78, 5) is 27.5. The summed E-state index contributed by atoms with van der Waals surface area (Å²) in [5.74, 6) is -0.468. The largest absolute Gasteiger partial charge is 0.465 e. The molecule has 2 aromatic rings. The van der Waals surface area contributed by atoms with Crippen LogP contribution in [-0.4, -0.2) is 24.1 Å². The lowest BCUT2D eigenvalue weighted by Gasteiger charge is -2.07. The molecule has 2 aromatic heterocycles. The van der Waals surface area contributed by atoms with Gasteiger partial charge in [0.1, 0.15) is 4.88 Å². The standard InChI is InChI=1S/C13H13N3O3S/c1-19-12(17)11-10(4-7-20-11)16-13(18)15-8-9-2-5-14-6-3-9/h2-7H,8H2,1H3,(H2,15,16,18). The molecule has 0 fully saturated rings. The number of esters is 1. The van der Waals surface area contributed by atoms with E-state index in [-0.39, 0.29) is 6.03 Å². The molecule has 0 saturated carbocycles. The van der Waals surface area contributed by atoms with Crippen molar-refractivity contribution in [3.05, 3.63) is 46.4 Å². The van der Waals surface area contributed by atoms with Crippen LogP contribution in [0.1, 0.15) is 15.2 Å². The fourth-order valence-electron chi connectivity index (χ4n) is 1.51. The van der Waals surface area contributed by atoms with Gasteiger partial charge in [0.25, 0.3) is 0 Å². The number of nitrogens with one attached hydrogen (secondary N) is 2. The second kappa shape index (κ2) is 6.67. The Hall–Kier alpha value is -2.41. The van der Waals surface area contributed by atoms with E-state index in [9.17, 15) is 9.59 Å². The predicted octanol–water partition coefficient (Wildman–Crippen LogP) is 2.25. The SMILES string of the molecule is COC(=O)c1sccc1NC(=O)NCc1ccncc1. The van der Waals surface area contributed by atoms with Gasteiger partial charge in [-0.3, -0.25) is 4.98 Å². The van der Waals surface area contributed by atoms with Gasteiger partial charge in [0.2, 0.25) is 0 Å². The fraction of sp³-hybridized carbons (Fsp3) is 0.154. The van der Waals surface area contributed by atoms with Crippen molar-refractivity contribution in [2.75, 3.05) is 12.4 Å². The lowest BCUT2D eigenvalue weighted by Crippen LogP contribution is -2.28. The predicted molar refractivity (Wildman–Crippen MR) is 75.8 cm³/mol. The van der Waals surface area contributed by atoms with Crippen LogP contribution >= 0.6 is 11.3 Å². The molecule has 0 radical (unpaired) electrons. The first-order chi connectivity index (χ1) is 9.70. The molecule has 0 unspecified atom stereocenters. The Balaban J connectivity index is 1.92. The van der Waals surface area contributed by atoms with Crippen LogP contribution in [0.4, 0.5) is 10.5 Å². The van der Waals surface area contributed by atoms with Gasteiger partial charge in [-0.05, 0) is 29.1 Å². The first kappa shape index (κ1) is 14.0. The molecule has 2 heterocycles. The third-order valence-electron chi connectivity index (χ3n) is 2.49. The van der Waals surface area contributed by atoms with Gasteiger partial charge >= 0.3 is 12.0 Å². The number of pyridine rings is 1. The van der Waals surface area contributed by atoms with E-state index in [1.165, 1.54) is 18.4 Å². The first-order valence-corrected chi connectivity index (χ1v) is 6.68. The molecular formula is C13H13N3O3S. The zero-order chi connectivity index (χ0) is 14.4. The van der Waals surface area contributed by atoms with Gasteiger partial charge in [-0.25, -0.2) is 9.59 Å². The number of thiophene rings is 1. The molecule has 104 valence electrons. The number of amides is 2. The van der Waals surface area contributed by atoms with E-state index in [2.05, 4.69) is 20.4 Å². The Bertz CT molecular complexity index is 598. The van der Waals surface area contributed by atoms with E-state index < -0.39 is 5.97 Å². The van der Waals surface area contributed by atoms with Gasteiger partial charge in [-0.2, -0.15) is 0 Å². The monoisotopic (exact) mass is 291 g/mol. The van der Waals surface area contributed by atoms with Crippen molar-refractivity contribution >= 4 is 29.0 Å². The van der Waals surface area contributed by atoms with Gasteiger partial charge in [-0.15, -0.1) is 11.3 Å². The molecule has 0 bridgehead atoms.